The van der Waals surface area contributed by atoms with Crippen molar-refractivity contribution in [2.24, 2.45) is 0 Å². The zero-order valence-electron chi connectivity index (χ0n) is 11.9. The SMILES string of the molecule is COCc1cccc(CNCc2ccc(C#N)cc2F)c1. The summed E-state index contributed by atoms with van der Waals surface area (Å²) in [5.74, 6) is -0.352. The van der Waals surface area contributed by atoms with Gasteiger partial charge in [0, 0.05) is 25.8 Å². The molecule has 0 bridgehead atoms. The van der Waals surface area contributed by atoms with Crippen molar-refractivity contribution in [3.8, 4) is 6.07 Å². The van der Waals surface area contributed by atoms with Gasteiger partial charge in [0.2, 0.25) is 0 Å². The average molecular weight is 284 g/mol. The van der Waals surface area contributed by atoms with Gasteiger partial charge in [-0.15, -0.1) is 0 Å². The van der Waals surface area contributed by atoms with Crippen molar-refractivity contribution in [3.63, 3.8) is 0 Å². The Morgan fingerprint density at radius 1 is 1.14 bits per heavy atom. The Morgan fingerprint density at radius 2 is 1.95 bits per heavy atom. The van der Waals surface area contributed by atoms with Crippen LogP contribution in [0.25, 0.3) is 0 Å². The minimum atomic E-state index is -0.352. The van der Waals surface area contributed by atoms with E-state index in [1.807, 2.05) is 24.3 Å². The maximum absolute atomic E-state index is 13.7. The first-order valence-electron chi connectivity index (χ1n) is 6.69. The molecule has 0 aliphatic rings. The molecular formula is C17H17FN2O. The van der Waals surface area contributed by atoms with E-state index in [0.29, 0.717) is 30.8 Å². The van der Waals surface area contributed by atoms with E-state index in [0.717, 1.165) is 11.1 Å². The quantitative estimate of drug-likeness (QED) is 0.886. The van der Waals surface area contributed by atoms with Crippen LogP contribution < -0.4 is 5.32 Å². The van der Waals surface area contributed by atoms with E-state index < -0.39 is 0 Å². The summed E-state index contributed by atoms with van der Waals surface area (Å²) in [4.78, 5) is 0. The van der Waals surface area contributed by atoms with E-state index in [2.05, 4.69) is 11.4 Å². The molecule has 0 aliphatic carbocycles. The molecule has 1 N–H and O–H groups in total. The monoisotopic (exact) mass is 284 g/mol. The number of ether oxygens (including phenoxy) is 1. The number of nitrogens with one attached hydrogen (secondary N) is 1. The van der Waals surface area contributed by atoms with Crippen molar-refractivity contribution in [1.82, 2.24) is 5.32 Å². The molecule has 0 saturated heterocycles. The standard InChI is InChI=1S/C17H17FN2O/c1-21-12-15-4-2-3-14(7-15)10-20-11-16-6-5-13(9-19)8-17(16)18/h2-8,20H,10-12H2,1H3. The first-order valence-corrected chi connectivity index (χ1v) is 6.69. The Bertz CT molecular complexity index is 649. The minimum Gasteiger partial charge on any atom is -0.380 e. The van der Waals surface area contributed by atoms with Crippen molar-refractivity contribution < 1.29 is 9.13 Å². The molecule has 0 aliphatic heterocycles. The van der Waals surface area contributed by atoms with Crippen LogP contribution in [-0.2, 0) is 24.4 Å². The van der Waals surface area contributed by atoms with E-state index >= 15 is 0 Å². The molecule has 2 aromatic rings. The fraction of sp³-hybridized carbons (Fsp3) is 0.235. The van der Waals surface area contributed by atoms with Gasteiger partial charge in [0.25, 0.3) is 0 Å². The number of halogens is 1. The largest absolute Gasteiger partial charge is 0.380 e. The molecule has 0 fully saturated rings. The van der Waals surface area contributed by atoms with Crippen LogP contribution >= 0.6 is 0 Å². The lowest BCUT2D eigenvalue weighted by Gasteiger charge is -2.08. The fourth-order valence-electron chi connectivity index (χ4n) is 2.10. The molecule has 0 saturated carbocycles. The van der Waals surface area contributed by atoms with Gasteiger partial charge in [-0.1, -0.05) is 30.3 Å². The van der Waals surface area contributed by atoms with E-state index in [4.69, 9.17) is 10.00 Å². The molecule has 4 heteroatoms. The molecule has 0 heterocycles. The summed E-state index contributed by atoms with van der Waals surface area (Å²) in [7, 11) is 1.67. The summed E-state index contributed by atoms with van der Waals surface area (Å²) in [6.07, 6.45) is 0. The van der Waals surface area contributed by atoms with Gasteiger partial charge >= 0.3 is 0 Å². The first kappa shape index (κ1) is 15.2. The number of rotatable bonds is 6. The predicted molar refractivity (Wildman–Crippen MR) is 78.8 cm³/mol. The fourth-order valence-corrected chi connectivity index (χ4v) is 2.10. The molecule has 108 valence electrons. The lowest BCUT2D eigenvalue weighted by Crippen LogP contribution is -2.14. The molecular weight excluding hydrogens is 267 g/mol. The van der Waals surface area contributed by atoms with E-state index in [-0.39, 0.29) is 5.82 Å². The van der Waals surface area contributed by atoms with Crippen LogP contribution in [0.1, 0.15) is 22.3 Å². The normalized spacial score (nSPS) is 10.3. The molecule has 0 amide bonds. The van der Waals surface area contributed by atoms with Crippen LogP contribution in [0.4, 0.5) is 4.39 Å². The van der Waals surface area contributed by atoms with Gasteiger partial charge in [0.05, 0.1) is 18.2 Å². The Labute approximate surface area is 124 Å². The zero-order valence-corrected chi connectivity index (χ0v) is 11.9. The summed E-state index contributed by atoms with van der Waals surface area (Å²) in [6.45, 7) is 1.65. The highest BCUT2D eigenvalue weighted by atomic mass is 19.1. The number of methoxy groups -OCH3 is 1. The summed E-state index contributed by atoms with van der Waals surface area (Å²) in [5, 5.41) is 11.9. The van der Waals surface area contributed by atoms with Crippen LogP contribution in [0.3, 0.4) is 0 Å². The van der Waals surface area contributed by atoms with E-state index in [1.54, 1.807) is 19.2 Å². The molecule has 21 heavy (non-hydrogen) atoms. The third-order valence-corrected chi connectivity index (χ3v) is 3.13. The van der Waals surface area contributed by atoms with Crippen LogP contribution in [0.5, 0.6) is 0 Å². The third-order valence-electron chi connectivity index (χ3n) is 3.13. The van der Waals surface area contributed by atoms with Crippen molar-refractivity contribution in [2.45, 2.75) is 19.7 Å². The summed E-state index contributed by atoms with van der Waals surface area (Å²) in [6, 6.07) is 14.5. The molecule has 0 aromatic heterocycles. The van der Waals surface area contributed by atoms with Gasteiger partial charge in [0.15, 0.2) is 0 Å². The van der Waals surface area contributed by atoms with Gasteiger partial charge in [0.1, 0.15) is 5.82 Å². The van der Waals surface area contributed by atoms with E-state index in [1.165, 1.54) is 6.07 Å². The highest BCUT2D eigenvalue weighted by molar-refractivity contribution is 5.33. The van der Waals surface area contributed by atoms with Gasteiger partial charge in [-0.05, 0) is 23.3 Å². The Hall–Kier alpha value is -2.22. The first-order chi connectivity index (χ1) is 10.2. The number of benzene rings is 2. The second-order valence-electron chi connectivity index (χ2n) is 4.77. The molecule has 0 spiro atoms. The maximum atomic E-state index is 13.7. The van der Waals surface area contributed by atoms with Crippen molar-refractivity contribution in [1.29, 1.82) is 5.26 Å². The second kappa shape index (κ2) is 7.53. The number of hydrogen-bond donors (Lipinski definition) is 1. The van der Waals surface area contributed by atoms with E-state index in [9.17, 15) is 4.39 Å². The highest BCUT2D eigenvalue weighted by Gasteiger charge is 2.03. The van der Waals surface area contributed by atoms with Crippen molar-refractivity contribution in [3.05, 3.63) is 70.5 Å². The smallest absolute Gasteiger partial charge is 0.129 e. The molecule has 2 aromatic carbocycles. The van der Waals surface area contributed by atoms with Crippen LogP contribution in [0.2, 0.25) is 0 Å². The second-order valence-corrected chi connectivity index (χ2v) is 4.77. The molecule has 0 atom stereocenters. The summed E-state index contributed by atoms with van der Waals surface area (Å²) < 4.78 is 18.8. The Kier molecular flexibility index (Phi) is 5.44. The minimum absolute atomic E-state index is 0.337. The van der Waals surface area contributed by atoms with Crippen LogP contribution in [-0.4, -0.2) is 7.11 Å². The number of hydrogen-bond acceptors (Lipinski definition) is 3. The van der Waals surface area contributed by atoms with Gasteiger partial charge < -0.3 is 10.1 Å². The Balaban J connectivity index is 1.92. The predicted octanol–water partition coefficient (Wildman–Crippen LogP) is 3.13. The van der Waals surface area contributed by atoms with Crippen molar-refractivity contribution in [2.75, 3.05) is 7.11 Å². The molecule has 3 nitrogen and oxygen atoms in total. The van der Waals surface area contributed by atoms with Crippen LogP contribution in [0.15, 0.2) is 42.5 Å². The summed E-state index contributed by atoms with van der Waals surface area (Å²) >= 11 is 0. The third kappa shape index (κ3) is 4.38. The van der Waals surface area contributed by atoms with Gasteiger partial charge in [-0.25, -0.2) is 4.39 Å². The molecule has 0 unspecified atom stereocenters. The van der Waals surface area contributed by atoms with Crippen molar-refractivity contribution >= 4 is 0 Å². The lowest BCUT2D eigenvalue weighted by atomic mass is 10.1. The lowest BCUT2D eigenvalue weighted by molar-refractivity contribution is 0.185. The Morgan fingerprint density at radius 3 is 2.67 bits per heavy atom. The number of nitrogens with zero attached hydrogens (tertiary/aromatic N) is 1. The topological polar surface area (TPSA) is 45.0 Å². The molecule has 0 radical (unpaired) electrons. The van der Waals surface area contributed by atoms with Gasteiger partial charge in [-0.2, -0.15) is 5.26 Å². The van der Waals surface area contributed by atoms with Gasteiger partial charge in [-0.3, -0.25) is 0 Å². The zero-order chi connectivity index (χ0) is 15.1. The molecule has 2 rings (SSSR count). The average Bonchev–Trinajstić information content (AvgIpc) is 2.49. The number of nitriles is 1. The maximum Gasteiger partial charge on any atom is 0.129 e. The highest BCUT2D eigenvalue weighted by Crippen LogP contribution is 2.11. The van der Waals surface area contributed by atoms with Crippen LogP contribution in [0, 0.1) is 17.1 Å². The summed E-state index contributed by atoms with van der Waals surface area (Å²) in [5.41, 5.74) is 3.13.